The molecular formula is C13H21N3O2S. The number of nitrogens with zero attached hydrogens (tertiary/aromatic N) is 2. The van der Waals surface area contributed by atoms with E-state index in [1.54, 1.807) is 0 Å². The molecule has 2 aliphatic rings. The van der Waals surface area contributed by atoms with Crippen LogP contribution in [0.15, 0.2) is 6.20 Å². The minimum Gasteiger partial charge on any atom is -0.353 e. The Kier molecular flexibility index (Phi) is 3.28. The monoisotopic (exact) mass is 283 g/mol. The summed E-state index contributed by atoms with van der Waals surface area (Å²) in [5.41, 5.74) is 0.949. The molecule has 2 heterocycles. The van der Waals surface area contributed by atoms with Gasteiger partial charge in [-0.2, -0.15) is 0 Å². The molecular weight excluding hydrogens is 262 g/mol. The molecule has 0 amide bonds. The van der Waals surface area contributed by atoms with Gasteiger partial charge >= 0.3 is 0 Å². The summed E-state index contributed by atoms with van der Waals surface area (Å²) in [6.45, 7) is 1.96. The molecule has 1 unspecified atom stereocenters. The van der Waals surface area contributed by atoms with E-state index >= 15 is 0 Å². The molecule has 1 aromatic heterocycles. The molecule has 3 rings (SSSR count). The van der Waals surface area contributed by atoms with Crippen molar-refractivity contribution in [1.82, 2.24) is 9.55 Å². The Bertz CT molecular complexity index is 558. The van der Waals surface area contributed by atoms with Crippen LogP contribution in [0, 0.1) is 6.92 Å². The summed E-state index contributed by atoms with van der Waals surface area (Å²) in [6.07, 6.45) is 7.61. The van der Waals surface area contributed by atoms with Gasteiger partial charge in [-0.1, -0.05) is 12.8 Å². The van der Waals surface area contributed by atoms with E-state index in [-0.39, 0.29) is 11.8 Å². The molecule has 2 fully saturated rings. The maximum Gasteiger partial charge on any atom is 0.203 e. The predicted octanol–water partition coefficient (Wildman–Crippen LogP) is 1.91. The summed E-state index contributed by atoms with van der Waals surface area (Å²) in [5.74, 6) is 1.41. The fraction of sp³-hybridized carbons (Fsp3) is 0.769. The van der Waals surface area contributed by atoms with Gasteiger partial charge in [-0.3, -0.25) is 0 Å². The molecule has 1 atom stereocenters. The quantitative estimate of drug-likeness (QED) is 0.920. The summed E-state index contributed by atoms with van der Waals surface area (Å²) >= 11 is 0. The van der Waals surface area contributed by atoms with E-state index in [1.165, 1.54) is 25.7 Å². The highest BCUT2D eigenvalue weighted by atomic mass is 32.2. The molecule has 1 saturated heterocycles. The minimum absolute atomic E-state index is 0.0510. The summed E-state index contributed by atoms with van der Waals surface area (Å²) in [5, 5.41) is 3.49. The fourth-order valence-electron chi connectivity index (χ4n) is 3.15. The Morgan fingerprint density at radius 1 is 1.32 bits per heavy atom. The molecule has 6 heteroatoms. The summed E-state index contributed by atoms with van der Waals surface area (Å²) < 4.78 is 25.3. The Hall–Kier alpha value is -1.04. The van der Waals surface area contributed by atoms with Crippen molar-refractivity contribution in [2.75, 3.05) is 16.8 Å². The minimum atomic E-state index is -2.85. The van der Waals surface area contributed by atoms with Gasteiger partial charge < -0.3 is 9.88 Å². The lowest BCUT2D eigenvalue weighted by molar-refractivity contribution is 0.554. The predicted molar refractivity (Wildman–Crippen MR) is 75.2 cm³/mol. The molecule has 5 nitrogen and oxygen atoms in total. The van der Waals surface area contributed by atoms with Crippen molar-refractivity contribution in [2.45, 2.75) is 51.1 Å². The average Bonchev–Trinajstić information content (AvgIpc) is 3.01. The molecule has 0 radical (unpaired) electrons. The highest BCUT2D eigenvalue weighted by Gasteiger charge is 2.31. The first kappa shape index (κ1) is 13.0. The Morgan fingerprint density at radius 3 is 2.68 bits per heavy atom. The van der Waals surface area contributed by atoms with Gasteiger partial charge in [0.2, 0.25) is 5.95 Å². The Balaban J connectivity index is 1.81. The largest absolute Gasteiger partial charge is 0.353 e. The van der Waals surface area contributed by atoms with Crippen LogP contribution >= 0.6 is 0 Å². The topological polar surface area (TPSA) is 64.0 Å². The second-order valence-corrected chi connectivity index (χ2v) is 8.02. The van der Waals surface area contributed by atoms with Crippen LogP contribution < -0.4 is 5.32 Å². The molecule has 0 aromatic carbocycles. The average molecular weight is 283 g/mol. The third-order valence-electron chi connectivity index (χ3n) is 4.14. The van der Waals surface area contributed by atoms with Crippen LogP contribution in [-0.2, 0) is 9.84 Å². The first-order valence-corrected chi connectivity index (χ1v) is 8.88. The van der Waals surface area contributed by atoms with E-state index in [0.717, 1.165) is 11.6 Å². The second kappa shape index (κ2) is 4.81. The van der Waals surface area contributed by atoms with Gasteiger partial charge in [0.1, 0.15) is 0 Å². The maximum atomic E-state index is 11.6. The standard InChI is InChI=1S/C13H21N3O2S/c1-10-8-16(12-6-7-19(17,18)9-12)13(14-10)15-11-4-2-3-5-11/h8,11-12H,2-7,9H2,1H3,(H,14,15). The lowest BCUT2D eigenvalue weighted by Crippen LogP contribution is -2.20. The van der Waals surface area contributed by atoms with Crippen molar-refractivity contribution >= 4 is 15.8 Å². The third kappa shape index (κ3) is 2.78. The normalized spacial score (nSPS) is 26.9. The molecule has 1 aliphatic carbocycles. The number of aromatic nitrogens is 2. The SMILES string of the molecule is Cc1cn(C2CCS(=O)(=O)C2)c(NC2CCCC2)n1. The molecule has 1 saturated carbocycles. The number of hydrogen-bond acceptors (Lipinski definition) is 4. The zero-order valence-electron chi connectivity index (χ0n) is 11.3. The number of hydrogen-bond donors (Lipinski definition) is 1. The van der Waals surface area contributed by atoms with E-state index in [2.05, 4.69) is 10.3 Å². The summed E-state index contributed by atoms with van der Waals surface area (Å²) in [7, 11) is -2.85. The smallest absolute Gasteiger partial charge is 0.203 e. The number of nitrogens with one attached hydrogen (secondary N) is 1. The van der Waals surface area contributed by atoms with Crippen LogP contribution in [0.3, 0.4) is 0 Å². The van der Waals surface area contributed by atoms with Gasteiger partial charge in [-0.15, -0.1) is 0 Å². The molecule has 1 N–H and O–H groups in total. The van der Waals surface area contributed by atoms with Crippen LogP contribution in [0.4, 0.5) is 5.95 Å². The second-order valence-electron chi connectivity index (χ2n) is 5.80. The van der Waals surface area contributed by atoms with E-state index in [4.69, 9.17) is 0 Å². The molecule has 1 aliphatic heterocycles. The molecule has 0 spiro atoms. The molecule has 1 aromatic rings. The Morgan fingerprint density at radius 2 is 2.05 bits per heavy atom. The lowest BCUT2D eigenvalue weighted by atomic mass is 10.2. The number of imidazole rings is 1. The first-order chi connectivity index (χ1) is 9.03. The van der Waals surface area contributed by atoms with Crippen LogP contribution in [0.2, 0.25) is 0 Å². The summed E-state index contributed by atoms with van der Waals surface area (Å²) in [4.78, 5) is 4.52. The zero-order chi connectivity index (χ0) is 13.5. The van der Waals surface area contributed by atoms with Crippen molar-refractivity contribution in [3.8, 4) is 0 Å². The number of sulfone groups is 1. The highest BCUT2D eigenvalue weighted by Crippen LogP contribution is 2.29. The van der Waals surface area contributed by atoms with Gasteiger partial charge in [0.15, 0.2) is 9.84 Å². The number of rotatable bonds is 3. The molecule has 106 valence electrons. The van der Waals surface area contributed by atoms with Gasteiger partial charge in [0.25, 0.3) is 0 Å². The van der Waals surface area contributed by atoms with Crippen molar-refractivity contribution in [3.05, 3.63) is 11.9 Å². The maximum absolute atomic E-state index is 11.6. The van der Waals surface area contributed by atoms with Gasteiger partial charge in [0.05, 0.1) is 23.2 Å². The van der Waals surface area contributed by atoms with E-state index in [9.17, 15) is 8.42 Å². The third-order valence-corrected chi connectivity index (χ3v) is 5.89. The molecule has 19 heavy (non-hydrogen) atoms. The van der Waals surface area contributed by atoms with Gasteiger partial charge in [-0.25, -0.2) is 13.4 Å². The number of anilines is 1. The lowest BCUT2D eigenvalue weighted by Gasteiger charge is -2.18. The van der Waals surface area contributed by atoms with Crippen molar-refractivity contribution in [2.24, 2.45) is 0 Å². The van der Waals surface area contributed by atoms with Crippen LogP contribution in [0.5, 0.6) is 0 Å². The van der Waals surface area contributed by atoms with Crippen molar-refractivity contribution in [3.63, 3.8) is 0 Å². The zero-order valence-corrected chi connectivity index (χ0v) is 12.1. The van der Waals surface area contributed by atoms with E-state index in [1.807, 2.05) is 17.7 Å². The number of aryl methyl sites for hydroxylation is 1. The Labute approximate surface area is 114 Å². The molecule has 0 bridgehead atoms. The van der Waals surface area contributed by atoms with Crippen LogP contribution in [-0.4, -0.2) is 35.5 Å². The van der Waals surface area contributed by atoms with Gasteiger partial charge in [0, 0.05) is 12.2 Å². The highest BCUT2D eigenvalue weighted by molar-refractivity contribution is 7.91. The van der Waals surface area contributed by atoms with Crippen LogP contribution in [0.1, 0.15) is 43.8 Å². The van der Waals surface area contributed by atoms with Gasteiger partial charge in [-0.05, 0) is 26.2 Å². The van der Waals surface area contributed by atoms with E-state index in [0.29, 0.717) is 18.2 Å². The summed E-state index contributed by atoms with van der Waals surface area (Å²) in [6, 6.07) is 0.550. The first-order valence-electron chi connectivity index (χ1n) is 7.06. The van der Waals surface area contributed by atoms with E-state index < -0.39 is 9.84 Å². The van der Waals surface area contributed by atoms with Crippen molar-refractivity contribution < 1.29 is 8.42 Å². The fourth-order valence-corrected chi connectivity index (χ4v) is 4.86. The van der Waals surface area contributed by atoms with Crippen LogP contribution in [0.25, 0.3) is 0 Å². The van der Waals surface area contributed by atoms with Crippen molar-refractivity contribution in [1.29, 1.82) is 0 Å².